The number of hydrogen-bond acceptors (Lipinski definition) is 6. The number of nitrogens with one attached hydrogen (secondary N) is 1. The van der Waals surface area contributed by atoms with E-state index in [2.05, 4.69) is 24.4 Å². The number of likely N-dealkylation sites (tertiary alicyclic amines) is 1. The molecule has 2 heterocycles. The molecule has 2 N–H and O–H groups in total. The van der Waals surface area contributed by atoms with E-state index in [1.807, 2.05) is 0 Å². The molecule has 1 aromatic heterocycles. The Balaban J connectivity index is 1.23. The van der Waals surface area contributed by atoms with Crippen molar-refractivity contribution in [2.45, 2.75) is 129 Å². The number of fused-ring (bicyclic) bond motifs is 1. The number of hydrogen-bond donors (Lipinski definition) is 2. The topological polar surface area (TPSA) is 127 Å². The number of ether oxygens (including phenoxy) is 1. The molecular weight excluding hydrogens is 775 g/mol. The zero-order chi connectivity index (χ0) is 41.2. The summed E-state index contributed by atoms with van der Waals surface area (Å²) in [5.41, 5.74) is 0.750. The van der Waals surface area contributed by atoms with Crippen molar-refractivity contribution in [3.63, 3.8) is 0 Å². The second-order valence-corrected chi connectivity index (χ2v) is 17.0. The Labute approximate surface area is 340 Å². The molecule has 314 valence electrons. The van der Waals surface area contributed by atoms with E-state index in [9.17, 15) is 32.6 Å². The summed E-state index contributed by atoms with van der Waals surface area (Å²) >= 11 is 5.84. The first-order valence-corrected chi connectivity index (χ1v) is 22.4. The van der Waals surface area contributed by atoms with Crippen molar-refractivity contribution in [1.29, 1.82) is 0 Å². The molecule has 0 bridgehead atoms. The van der Waals surface area contributed by atoms with Gasteiger partial charge in [0.25, 0.3) is 0 Å². The van der Waals surface area contributed by atoms with E-state index >= 15 is 0 Å². The second kappa shape index (κ2) is 23.9. The molecule has 57 heavy (non-hydrogen) atoms. The Hall–Kier alpha value is -3.41. The molecule has 3 aromatic rings. The van der Waals surface area contributed by atoms with Crippen LogP contribution in [0.2, 0.25) is 5.02 Å². The van der Waals surface area contributed by atoms with Crippen molar-refractivity contribution in [2.75, 3.05) is 26.4 Å². The second-order valence-electron chi connectivity index (χ2n) is 14.8. The first-order chi connectivity index (χ1) is 27.4. The summed E-state index contributed by atoms with van der Waals surface area (Å²) in [5.74, 6) is -2.22. The van der Waals surface area contributed by atoms with Crippen molar-refractivity contribution < 1.29 is 41.9 Å². The molecule has 0 aliphatic carbocycles. The zero-order valence-corrected chi connectivity index (χ0v) is 35.0. The van der Waals surface area contributed by atoms with Crippen LogP contribution in [0.25, 0.3) is 10.9 Å². The van der Waals surface area contributed by atoms with Crippen LogP contribution in [-0.2, 0) is 36.5 Å². The number of rotatable bonds is 26. The van der Waals surface area contributed by atoms with Gasteiger partial charge in [0.1, 0.15) is 24.6 Å². The maximum atomic E-state index is 14.6. The molecule has 2 aromatic carbocycles. The summed E-state index contributed by atoms with van der Waals surface area (Å²) in [5, 5.41) is 2.90. The number of Topliss-reactive ketones (excluding diaryl/α,β-unsaturated/α-hetero) is 1. The fourth-order valence-electron chi connectivity index (χ4n) is 7.02. The lowest BCUT2D eigenvalue weighted by Gasteiger charge is -2.24. The van der Waals surface area contributed by atoms with Crippen molar-refractivity contribution in [3.05, 3.63) is 76.7 Å². The number of nitrogens with zero attached hydrogens (tertiary/aromatic N) is 2. The lowest BCUT2D eigenvalue weighted by Crippen LogP contribution is -2.46. The summed E-state index contributed by atoms with van der Waals surface area (Å²) in [7, 11) is -4.29. The number of allylic oxidation sites excluding steroid dienone is 2. The van der Waals surface area contributed by atoms with Crippen LogP contribution in [0.1, 0.15) is 120 Å². The minimum absolute atomic E-state index is 0.0121. The zero-order valence-electron chi connectivity index (χ0n) is 33.4. The molecule has 3 atom stereocenters. The Morgan fingerprint density at radius 1 is 0.965 bits per heavy atom. The molecule has 1 saturated heterocycles. The molecule has 1 unspecified atom stereocenters. The molecule has 1 aliphatic rings. The smallest absolute Gasteiger partial charge is 0.358 e. The molecule has 14 heteroatoms. The highest BCUT2D eigenvalue weighted by Gasteiger charge is 2.40. The van der Waals surface area contributed by atoms with E-state index in [1.165, 1.54) is 105 Å². The van der Waals surface area contributed by atoms with Gasteiger partial charge in [0.05, 0.1) is 29.0 Å². The minimum Gasteiger partial charge on any atom is -0.381 e. The fraction of sp³-hybridized carbons (Fsp3) is 0.558. The van der Waals surface area contributed by atoms with E-state index in [4.69, 9.17) is 20.9 Å². The van der Waals surface area contributed by atoms with Crippen LogP contribution in [0, 0.1) is 5.82 Å². The fourth-order valence-corrected chi connectivity index (χ4v) is 8.29. The molecule has 0 radical (unpaired) electrons. The third-order valence-electron chi connectivity index (χ3n) is 10.2. The summed E-state index contributed by atoms with van der Waals surface area (Å²) < 4.78 is 54.9. The first kappa shape index (κ1) is 46.3. The minimum atomic E-state index is -4.29. The SMILES string of the molecule is CCCCCCCC/C=C\CCCCCCOCCCOP(=O)(O)c1ccc2c(C(C)=O)cn(CC(=O)N3C[C@H](F)C[C@H]3C(=O)NCc3cccc(Cl)c3F)c2c1. The number of carbonyl (C=O) groups excluding carboxylic acids is 3. The van der Waals surface area contributed by atoms with E-state index < -0.39 is 37.4 Å². The van der Waals surface area contributed by atoms with Gasteiger partial charge in [0.2, 0.25) is 11.8 Å². The standard InChI is InChI=1S/C43H59ClF2N3O7P/c1-3-4-5-6-7-8-9-10-11-12-13-14-15-16-23-55-24-18-25-56-57(53,54)35-21-22-36-37(32(2)50)30-48(39(36)27-35)31-41(51)49-29-34(45)26-40(49)43(52)47-28-33-19-17-20-38(44)42(33)46/h10-11,17,19-22,27,30,34,40H,3-9,12-16,18,23-26,28-29,31H2,1-2H3,(H,47,52)(H,53,54)/b11-10-/t34-,40+/m1/s1. The first-order valence-electron chi connectivity index (χ1n) is 20.4. The number of benzene rings is 2. The highest BCUT2D eigenvalue weighted by molar-refractivity contribution is 7.61. The van der Waals surface area contributed by atoms with Crippen LogP contribution in [0.5, 0.6) is 0 Å². The summed E-state index contributed by atoms with van der Waals surface area (Å²) in [6.07, 6.45) is 19.4. The van der Waals surface area contributed by atoms with Crippen molar-refractivity contribution in [2.24, 2.45) is 0 Å². The number of amides is 2. The molecule has 10 nitrogen and oxygen atoms in total. The molecular formula is C43H59ClF2N3O7P. The molecule has 1 aliphatic heterocycles. The summed E-state index contributed by atoms with van der Waals surface area (Å²) in [4.78, 5) is 51.2. The Kier molecular flexibility index (Phi) is 19.4. The van der Waals surface area contributed by atoms with Gasteiger partial charge in [-0.3, -0.25) is 18.9 Å². The number of carbonyl (C=O) groups is 3. The van der Waals surface area contributed by atoms with E-state index in [0.717, 1.165) is 30.6 Å². The van der Waals surface area contributed by atoms with E-state index in [-0.39, 0.29) is 59.9 Å². The van der Waals surface area contributed by atoms with Gasteiger partial charge in [-0.15, -0.1) is 0 Å². The average molecular weight is 834 g/mol. The maximum Gasteiger partial charge on any atom is 0.358 e. The van der Waals surface area contributed by atoms with Gasteiger partial charge in [0, 0.05) is 48.9 Å². The van der Waals surface area contributed by atoms with Gasteiger partial charge in [-0.1, -0.05) is 93.8 Å². The number of unbranched alkanes of at least 4 members (excludes halogenated alkanes) is 10. The van der Waals surface area contributed by atoms with Crippen molar-refractivity contribution in [3.8, 4) is 0 Å². The summed E-state index contributed by atoms with van der Waals surface area (Å²) in [6.45, 7) is 3.69. The van der Waals surface area contributed by atoms with Crippen molar-refractivity contribution in [1.82, 2.24) is 14.8 Å². The highest BCUT2D eigenvalue weighted by atomic mass is 35.5. The molecule has 2 amide bonds. The molecule has 4 rings (SSSR count). The number of ketones is 1. The van der Waals surface area contributed by atoms with Crippen LogP contribution in [0.4, 0.5) is 8.78 Å². The molecule has 0 saturated carbocycles. The Morgan fingerprint density at radius 3 is 2.37 bits per heavy atom. The molecule has 0 spiro atoms. The van der Waals surface area contributed by atoms with Gasteiger partial charge >= 0.3 is 7.60 Å². The van der Waals surface area contributed by atoms with Crippen LogP contribution in [0.15, 0.2) is 54.7 Å². The number of alkyl halides is 1. The number of aromatic nitrogens is 1. The third kappa shape index (κ3) is 14.4. The van der Waals surface area contributed by atoms with Crippen LogP contribution in [0.3, 0.4) is 0 Å². The van der Waals surface area contributed by atoms with Crippen molar-refractivity contribution >= 4 is 53.0 Å². The van der Waals surface area contributed by atoms with Gasteiger partial charge in [-0.05, 0) is 63.6 Å². The Bertz CT molecular complexity index is 1850. The van der Waals surface area contributed by atoms with Gasteiger partial charge in [-0.25, -0.2) is 8.78 Å². The van der Waals surface area contributed by atoms with Gasteiger partial charge in [0.15, 0.2) is 5.78 Å². The Morgan fingerprint density at radius 2 is 1.65 bits per heavy atom. The lowest BCUT2D eigenvalue weighted by atomic mass is 10.1. The van der Waals surface area contributed by atoms with Gasteiger partial charge < -0.3 is 28.9 Å². The van der Waals surface area contributed by atoms with Crippen LogP contribution >= 0.6 is 19.2 Å². The highest BCUT2D eigenvalue weighted by Crippen LogP contribution is 2.41. The van der Waals surface area contributed by atoms with E-state index in [0.29, 0.717) is 30.5 Å². The van der Waals surface area contributed by atoms with Gasteiger partial charge in [-0.2, -0.15) is 0 Å². The predicted molar refractivity (Wildman–Crippen MR) is 221 cm³/mol. The largest absolute Gasteiger partial charge is 0.381 e. The predicted octanol–water partition coefficient (Wildman–Crippen LogP) is 9.38. The maximum absolute atomic E-state index is 14.6. The third-order valence-corrected chi connectivity index (χ3v) is 12.0. The van der Waals surface area contributed by atoms with E-state index in [1.54, 1.807) is 0 Å². The lowest BCUT2D eigenvalue weighted by molar-refractivity contribution is -0.139. The average Bonchev–Trinajstić information content (AvgIpc) is 3.76. The van der Waals surface area contributed by atoms with Crippen LogP contribution in [-0.4, -0.2) is 70.5 Å². The molecule has 1 fully saturated rings. The normalized spacial score (nSPS) is 16.8. The quantitative estimate of drug-likeness (QED) is 0.0357. The summed E-state index contributed by atoms with van der Waals surface area (Å²) in [6, 6.07) is 7.58. The van der Waals surface area contributed by atoms with Crippen LogP contribution < -0.4 is 10.6 Å². The monoisotopic (exact) mass is 833 g/mol. The number of halogens is 3.